The summed E-state index contributed by atoms with van der Waals surface area (Å²) < 4.78 is 0. The fourth-order valence-corrected chi connectivity index (χ4v) is 1.46. The molecule has 0 bridgehead atoms. The van der Waals surface area contributed by atoms with Crippen LogP contribution in [0.2, 0.25) is 0 Å². The molecule has 0 spiro atoms. The predicted molar refractivity (Wildman–Crippen MR) is 57.6 cm³/mol. The lowest BCUT2D eigenvalue weighted by atomic mass is 9.94. The minimum absolute atomic E-state index is 0.00931. The minimum Gasteiger partial charge on any atom is -0.507 e. The summed E-state index contributed by atoms with van der Waals surface area (Å²) >= 11 is 0. The van der Waals surface area contributed by atoms with E-state index < -0.39 is 0 Å². The number of carbonyl (C=O) groups excluding carboxylic acids is 2. The Bertz CT molecular complexity index is 383. The monoisotopic (exact) mass is 206 g/mol. The van der Waals surface area contributed by atoms with Crippen LogP contribution in [0.25, 0.3) is 0 Å². The Hall–Kier alpha value is -1.64. The van der Waals surface area contributed by atoms with Crippen molar-refractivity contribution in [1.82, 2.24) is 0 Å². The van der Waals surface area contributed by atoms with Crippen LogP contribution in [0.4, 0.5) is 0 Å². The molecule has 1 rings (SSSR count). The smallest absolute Gasteiger partial charge is 0.153 e. The van der Waals surface area contributed by atoms with Crippen molar-refractivity contribution in [3.05, 3.63) is 28.8 Å². The number of rotatable bonds is 4. The van der Waals surface area contributed by atoms with Gasteiger partial charge in [-0.3, -0.25) is 9.59 Å². The van der Waals surface area contributed by atoms with Gasteiger partial charge in [-0.2, -0.15) is 0 Å². The Morgan fingerprint density at radius 2 is 2.00 bits per heavy atom. The molecular formula is C12H14O3. The quantitative estimate of drug-likeness (QED) is 0.770. The number of carbonyl (C=O) groups is 2. The summed E-state index contributed by atoms with van der Waals surface area (Å²) in [5, 5.41) is 9.76. The van der Waals surface area contributed by atoms with Gasteiger partial charge in [0.15, 0.2) is 6.29 Å². The first-order chi connectivity index (χ1) is 7.13. The van der Waals surface area contributed by atoms with Crippen molar-refractivity contribution in [3.63, 3.8) is 0 Å². The van der Waals surface area contributed by atoms with Gasteiger partial charge in [-0.1, -0.05) is 13.8 Å². The summed E-state index contributed by atoms with van der Waals surface area (Å²) in [4.78, 5) is 21.3. The molecule has 3 heteroatoms. The first-order valence-electron chi connectivity index (χ1n) is 4.91. The van der Waals surface area contributed by atoms with E-state index in [9.17, 15) is 14.7 Å². The molecule has 0 aliphatic rings. The van der Waals surface area contributed by atoms with E-state index in [4.69, 9.17) is 0 Å². The van der Waals surface area contributed by atoms with Crippen LogP contribution in [0, 0.1) is 0 Å². The average molecular weight is 206 g/mol. The van der Waals surface area contributed by atoms with Gasteiger partial charge in [-0.05, 0) is 30.0 Å². The Balaban J connectivity index is 3.35. The highest BCUT2D eigenvalue weighted by Crippen LogP contribution is 2.31. The lowest BCUT2D eigenvalue weighted by Gasteiger charge is -2.13. The minimum atomic E-state index is -0.00931. The van der Waals surface area contributed by atoms with Crippen molar-refractivity contribution in [2.24, 2.45) is 0 Å². The molecule has 80 valence electrons. The zero-order valence-corrected chi connectivity index (χ0v) is 8.86. The van der Waals surface area contributed by atoms with Gasteiger partial charge >= 0.3 is 0 Å². The number of aldehydes is 2. The molecule has 0 fully saturated rings. The van der Waals surface area contributed by atoms with Crippen molar-refractivity contribution >= 4 is 12.6 Å². The Labute approximate surface area is 88.7 Å². The van der Waals surface area contributed by atoms with Crippen molar-refractivity contribution in [2.45, 2.75) is 26.2 Å². The van der Waals surface area contributed by atoms with Crippen molar-refractivity contribution in [3.8, 4) is 5.75 Å². The second-order valence-corrected chi connectivity index (χ2v) is 3.59. The first kappa shape index (κ1) is 11.4. The van der Waals surface area contributed by atoms with E-state index in [1.807, 2.05) is 13.8 Å². The molecule has 0 aromatic heterocycles. The molecule has 0 saturated heterocycles. The summed E-state index contributed by atoms with van der Waals surface area (Å²) in [5.41, 5.74) is 1.25. The van der Waals surface area contributed by atoms with Crippen LogP contribution in [0.1, 0.15) is 52.5 Å². The maximum atomic E-state index is 10.7. The van der Waals surface area contributed by atoms with Gasteiger partial charge in [-0.15, -0.1) is 0 Å². The predicted octanol–water partition coefficient (Wildman–Crippen LogP) is 2.53. The molecule has 15 heavy (non-hydrogen) atoms. The van der Waals surface area contributed by atoms with E-state index >= 15 is 0 Å². The standard InChI is InChI=1S/C12H14O3/c1-3-8(2)11-5-9(6-13)4-10(7-14)12(11)15/h4-8,15H,3H2,1-2H3. The SMILES string of the molecule is CCC(C)c1cc(C=O)cc(C=O)c1O. The van der Waals surface area contributed by atoms with Crippen LogP contribution in [0.5, 0.6) is 5.75 Å². The molecule has 3 nitrogen and oxygen atoms in total. The normalized spacial score (nSPS) is 12.1. The maximum absolute atomic E-state index is 10.7. The third-order valence-corrected chi connectivity index (χ3v) is 2.60. The fourth-order valence-electron chi connectivity index (χ4n) is 1.46. The number of phenols is 1. The second kappa shape index (κ2) is 4.73. The summed E-state index contributed by atoms with van der Waals surface area (Å²) in [6.07, 6.45) is 2.08. The van der Waals surface area contributed by atoms with Crippen LogP contribution in [0.15, 0.2) is 12.1 Å². The zero-order chi connectivity index (χ0) is 11.4. The number of hydrogen-bond acceptors (Lipinski definition) is 3. The van der Waals surface area contributed by atoms with Crippen LogP contribution in [0.3, 0.4) is 0 Å². The first-order valence-corrected chi connectivity index (χ1v) is 4.91. The molecule has 0 radical (unpaired) electrons. The van der Waals surface area contributed by atoms with E-state index in [1.165, 1.54) is 6.07 Å². The average Bonchev–Trinajstić information content (AvgIpc) is 2.28. The highest BCUT2D eigenvalue weighted by molar-refractivity contribution is 5.86. The fraction of sp³-hybridized carbons (Fsp3) is 0.333. The van der Waals surface area contributed by atoms with Gasteiger partial charge in [-0.25, -0.2) is 0 Å². The summed E-state index contributed by atoms with van der Waals surface area (Å²) in [6, 6.07) is 3.02. The van der Waals surface area contributed by atoms with E-state index in [0.29, 0.717) is 23.7 Å². The second-order valence-electron chi connectivity index (χ2n) is 3.59. The van der Waals surface area contributed by atoms with E-state index in [-0.39, 0.29) is 17.2 Å². The topological polar surface area (TPSA) is 54.4 Å². The van der Waals surface area contributed by atoms with Gasteiger partial charge in [0, 0.05) is 5.56 Å². The number of hydrogen-bond donors (Lipinski definition) is 1. The molecule has 0 amide bonds. The van der Waals surface area contributed by atoms with Crippen molar-refractivity contribution in [2.75, 3.05) is 0 Å². The largest absolute Gasteiger partial charge is 0.507 e. The van der Waals surface area contributed by atoms with Crippen LogP contribution < -0.4 is 0 Å². The maximum Gasteiger partial charge on any atom is 0.153 e. The van der Waals surface area contributed by atoms with Gasteiger partial charge < -0.3 is 5.11 Å². The van der Waals surface area contributed by atoms with Crippen molar-refractivity contribution in [1.29, 1.82) is 0 Å². The number of phenolic OH excluding ortho intramolecular Hbond substituents is 1. The van der Waals surface area contributed by atoms with Gasteiger partial charge in [0.1, 0.15) is 12.0 Å². The molecule has 1 aromatic rings. The molecular weight excluding hydrogens is 192 g/mol. The molecule has 1 atom stereocenters. The summed E-state index contributed by atoms with van der Waals surface area (Å²) in [7, 11) is 0. The molecule has 1 aromatic carbocycles. The van der Waals surface area contributed by atoms with Crippen LogP contribution in [-0.4, -0.2) is 17.7 Å². The third-order valence-electron chi connectivity index (χ3n) is 2.60. The van der Waals surface area contributed by atoms with Gasteiger partial charge in [0.2, 0.25) is 0 Å². The summed E-state index contributed by atoms with van der Waals surface area (Å²) in [6.45, 7) is 3.93. The number of benzene rings is 1. The zero-order valence-electron chi connectivity index (χ0n) is 8.86. The van der Waals surface area contributed by atoms with Crippen LogP contribution in [-0.2, 0) is 0 Å². The van der Waals surface area contributed by atoms with Crippen LogP contribution >= 0.6 is 0 Å². The lowest BCUT2D eigenvalue weighted by Crippen LogP contribution is -1.97. The molecule has 0 heterocycles. The highest BCUT2D eigenvalue weighted by Gasteiger charge is 2.13. The lowest BCUT2D eigenvalue weighted by molar-refractivity contribution is 0.112. The van der Waals surface area contributed by atoms with Gasteiger partial charge in [0.05, 0.1) is 5.56 Å². The Morgan fingerprint density at radius 3 is 2.47 bits per heavy atom. The highest BCUT2D eigenvalue weighted by atomic mass is 16.3. The van der Waals surface area contributed by atoms with Crippen molar-refractivity contribution < 1.29 is 14.7 Å². The molecule has 1 N–H and O–H groups in total. The number of aromatic hydroxyl groups is 1. The van der Waals surface area contributed by atoms with E-state index in [1.54, 1.807) is 6.07 Å². The molecule has 0 aliphatic carbocycles. The van der Waals surface area contributed by atoms with Gasteiger partial charge in [0.25, 0.3) is 0 Å². The Morgan fingerprint density at radius 1 is 1.33 bits per heavy atom. The summed E-state index contributed by atoms with van der Waals surface area (Å²) in [5.74, 6) is 0.119. The van der Waals surface area contributed by atoms with E-state index in [2.05, 4.69) is 0 Å². The molecule has 0 saturated carbocycles. The van der Waals surface area contributed by atoms with E-state index in [0.717, 1.165) is 6.42 Å². The Kier molecular flexibility index (Phi) is 3.61. The third kappa shape index (κ3) is 2.24. The molecule has 0 aliphatic heterocycles. The molecule has 1 unspecified atom stereocenters.